The normalized spacial score (nSPS) is 15.0. The zero-order chi connectivity index (χ0) is 9.00. The molecule has 0 unspecified atom stereocenters. The second-order valence-corrected chi connectivity index (χ2v) is 2.33. The average molecular weight is 154 g/mol. The molecule has 52 valence electrons. The summed E-state index contributed by atoms with van der Waals surface area (Å²) < 4.78 is 67.5. The summed E-state index contributed by atoms with van der Waals surface area (Å²) in [6.45, 7) is 0. The molecule has 0 spiro atoms. The van der Waals surface area contributed by atoms with E-state index in [1.165, 1.54) is 0 Å². The van der Waals surface area contributed by atoms with Crippen LogP contribution < -0.4 is 0 Å². The number of rotatable bonds is 0. The fraction of sp³-hybridized carbons (Fsp3) is 1.00. The maximum absolute atomic E-state index is 10.7. The Kier molecular flexibility index (Phi) is 1.16. The van der Waals surface area contributed by atoms with Crippen molar-refractivity contribution in [3.63, 3.8) is 0 Å². The second-order valence-electron chi connectivity index (χ2n) is 0.921. The molecule has 0 bridgehead atoms. The predicted octanol–water partition coefficient (Wildman–Crippen LogP) is 0.640. The van der Waals surface area contributed by atoms with Crippen LogP contribution in [0.5, 0.6) is 0 Å². The van der Waals surface area contributed by atoms with Crippen LogP contribution in [-0.2, 0) is 10.1 Å². The van der Waals surface area contributed by atoms with E-state index in [9.17, 15) is 13.2 Å². The van der Waals surface area contributed by atoms with E-state index in [1.54, 1.807) is 0 Å². The molecule has 0 radical (unpaired) electrons. The van der Waals surface area contributed by atoms with Crippen LogP contribution in [0.25, 0.3) is 0 Å². The van der Waals surface area contributed by atoms with Crippen LogP contribution >= 0.6 is 0 Å². The minimum atomic E-state index is -5.84. The van der Waals surface area contributed by atoms with Gasteiger partial charge in [0.2, 0.25) is 0 Å². The monoisotopic (exact) mass is 154 g/mol. The standard InChI is InChI=1S/CHF3O3S.H2/c2-1(3,4)8(5,6)7;/h(H,5,6,7);1H/i;1+1D. The Morgan fingerprint density at radius 2 is 1.62 bits per heavy atom. The lowest BCUT2D eigenvalue weighted by Crippen LogP contribution is -2.21. The molecule has 0 fully saturated rings. The molecule has 0 aromatic carbocycles. The largest absolute Gasteiger partial charge is 0.522 e. The van der Waals surface area contributed by atoms with Gasteiger partial charge in [0, 0.05) is 2.97 Å². The molecule has 3 nitrogen and oxygen atoms in total. The summed E-state index contributed by atoms with van der Waals surface area (Å²) in [7, 11) is -5.84. The quantitative estimate of drug-likeness (QED) is 0.411. The first kappa shape index (κ1) is 5.83. The highest BCUT2D eigenvalue weighted by molar-refractivity contribution is 7.86. The Labute approximate surface area is 46.0 Å². The minimum Gasteiger partial charge on any atom is -0.279 e. The van der Waals surface area contributed by atoms with Crippen LogP contribution in [0, 0.1) is 0 Å². The summed E-state index contributed by atoms with van der Waals surface area (Å²) in [6.07, 6.45) is 0. The zero-order valence-electron chi connectivity index (χ0n) is 5.31. The van der Waals surface area contributed by atoms with Crippen molar-refractivity contribution in [3.05, 3.63) is 0 Å². The zero-order valence-corrected chi connectivity index (χ0v) is 4.12. The maximum Gasteiger partial charge on any atom is 0.522 e. The summed E-state index contributed by atoms with van der Waals surface area (Å²) in [4.78, 5) is 0. The van der Waals surface area contributed by atoms with Gasteiger partial charge in [-0.1, -0.05) is 0 Å². The van der Waals surface area contributed by atoms with Gasteiger partial charge in [-0.25, -0.2) is 0 Å². The SMILES string of the molecule is O=S(=O)(O)C(F)(F)F.[2H][2H]. The predicted molar refractivity (Wildman–Crippen MR) is 19.7 cm³/mol. The van der Waals surface area contributed by atoms with E-state index in [0.29, 0.717) is 0 Å². The van der Waals surface area contributed by atoms with Crippen molar-refractivity contribution in [2.45, 2.75) is 5.51 Å². The fourth-order valence-electron chi connectivity index (χ4n) is 0. The van der Waals surface area contributed by atoms with E-state index in [2.05, 4.69) is 0 Å². The van der Waals surface area contributed by atoms with Gasteiger partial charge in [0.25, 0.3) is 0 Å². The van der Waals surface area contributed by atoms with Gasteiger partial charge in [-0.15, -0.1) is 0 Å². The van der Waals surface area contributed by atoms with Crippen molar-refractivity contribution in [1.29, 1.82) is 0 Å². The highest BCUT2D eigenvalue weighted by Gasteiger charge is 2.44. The third-order valence-corrected chi connectivity index (χ3v) is 0.877. The fourth-order valence-corrected chi connectivity index (χ4v) is 0. The van der Waals surface area contributed by atoms with Crippen molar-refractivity contribution >= 4 is 10.1 Å². The number of hydrogen-bond acceptors (Lipinski definition) is 2. The lowest BCUT2D eigenvalue weighted by molar-refractivity contribution is -0.0510. The molecule has 0 atom stereocenters. The van der Waals surface area contributed by atoms with Gasteiger partial charge in [-0.05, 0) is 0 Å². The van der Waals surface area contributed by atoms with Crippen LogP contribution in [0.2, 0.25) is 0 Å². The Balaban J connectivity index is 0. The molecule has 0 aromatic heterocycles. The van der Waals surface area contributed by atoms with Gasteiger partial charge in [-0.3, -0.25) is 4.55 Å². The van der Waals surface area contributed by atoms with Gasteiger partial charge in [0.05, 0.1) is 0 Å². The Bertz CT molecular complexity index is 171. The van der Waals surface area contributed by atoms with Crippen molar-refractivity contribution in [2.75, 3.05) is 0 Å². The van der Waals surface area contributed by atoms with Crippen LogP contribution in [0.4, 0.5) is 13.2 Å². The molecule has 0 rings (SSSR count). The molecule has 0 aromatic rings. The first-order chi connectivity index (χ1) is 4.25. The second kappa shape index (κ2) is 1.59. The van der Waals surface area contributed by atoms with Gasteiger partial charge in [0.15, 0.2) is 0 Å². The molecule has 0 aliphatic heterocycles. The van der Waals surface area contributed by atoms with Crippen molar-refractivity contribution in [3.8, 4) is 0 Å². The summed E-state index contributed by atoms with van der Waals surface area (Å²) in [5.41, 5.74) is -5.53. The van der Waals surface area contributed by atoms with Gasteiger partial charge in [-0.2, -0.15) is 21.6 Å². The molecule has 0 aliphatic rings. The smallest absolute Gasteiger partial charge is 0.279 e. The summed E-state index contributed by atoms with van der Waals surface area (Å²) in [5.74, 6) is 0. The highest BCUT2D eigenvalue weighted by Crippen LogP contribution is 2.20. The van der Waals surface area contributed by atoms with E-state index in [1.807, 2.05) is 0 Å². The molecule has 0 amide bonds. The van der Waals surface area contributed by atoms with E-state index in [-0.39, 0.29) is 0 Å². The third kappa shape index (κ3) is 1.66. The molecule has 7 heteroatoms. The van der Waals surface area contributed by atoms with E-state index in [0.717, 1.165) is 0 Å². The van der Waals surface area contributed by atoms with Gasteiger partial charge < -0.3 is 0 Å². The maximum atomic E-state index is 10.7. The first-order valence-electron chi connectivity index (χ1n) is 2.29. The molecule has 0 aliphatic carbocycles. The molecular formula is CH3F3O3S. The van der Waals surface area contributed by atoms with Crippen molar-refractivity contribution in [2.24, 2.45) is 0 Å². The molecule has 8 heavy (non-hydrogen) atoms. The van der Waals surface area contributed by atoms with Crippen LogP contribution in [0.15, 0.2) is 0 Å². The molecule has 0 heterocycles. The molecule has 0 saturated carbocycles. The van der Waals surface area contributed by atoms with E-state index in [4.69, 9.17) is 15.9 Å². The molecular weight excluding hydrogens is 149 g/mol. The number of alkyl halides is 3. The first-order valence-corrected chi connectivity index (χ1v) is 2.73. The Morgan fingerprint density at radius 1 is 1.50 bits per heavy atom. The van der Waals surface area contributed by atoms with Crippen LogP contribution in [-0.4, -0.2) is 18.5 Å². The minimum absolute atomic E-state index is 5.00. The number of halogens is 3. The van der Waals surface area contributed by atoms with Crippen molar-refractivity contribution in [1.82, 2.24) is 0 Å². The summed E-state index contributed by atoms with van der Waals surface area (Å²) in [6, 6.07) is 0. The Hall–Kier alpha value is -0.300. The summed E-state index contributed by atoms with van der Waals surface area (Å²) in [5, 5.41) is 0. The highest BCUT2D eigenvalue weighted by atomic mass is 32.2. The van der Waals surface area contributed by atoms with Gasteiger partial charge >= 0.3 is 15.6 Å². The Morgan fingerprint density at radius 3 is 1.62 bits per heavy atom. The third-order valence-electron chi connectivity index (χ3n) is 0.292. The van der Waals surface area contributed by atoms with Crippen LogP contribution in [0.1, 0.15) is 2.97 Å². The topological polar surface area (TPSA) is 54.4 Å². The number of hydrogen-bond donors (Lipinski definition) is 1. The van der Waals surface area contributed by atoms with E-state index >= 15 is 0 Å². The van der Waals surface area contributed by atoms with Gasteiger partial charge in [0.1, 0.15) is 0 Å². The molecule has 1 N–H and O–H groups in total. The lowest BCUT2D eigenvalue weighted by Gasteiger charge is -1.97. The summed E-state index contributed by atoms with van der Waals surface area (Å²) >= 11 is 0. The average Bonchev–Trinajstić information content (AvgIpc) is 1.66. The molecule has 0 saturated heterocycles. The lowest BCUT2D eigenvalue weighted by atomic mass is 11.6. The van der Waals surface area contributed by atoms with Crippen LogP contribution in [0.3, 0.4) is 0 Å². The van der Waals surface area contributed by atoms with Crippen molar-refractivity contribution < 1.29 is 29.1 Å². The van der Waals surface area contributed by atoms with E-state index < -0.39 is 15.6 Å².